The van der Waals surface area contributed by atoms with Crippen LogP contribution in [-0.2, 0) is 0 Å². The van der Waals surface area contributed by atoms with Gasteiger partial charge in [0.2, 0.25) is 0 Å². The number of aldehydes is 1. The molecule has 0 aliphatic heterocycles. The molecule has 0 heterocycles. The summed E-state index contributed by atoms with van der Waals surface area (Å²) >= 11 is 0. The molecule has 0 aromatic heterocycles. The van der Waals surface area contributed by atoms with E-state index < -0.39 is 0 Å². The monoisotopic (exact) mass is 161 g/mol. The molecule has 1 rings (SSSR count). The Kier molecular flexibility index (Phi) is 2.29. The highest BCUT2D eigenvalue weighted by atomic mass is 16.1. The summed E-state index contributed by atoms with van der Waals surface area (Å²) in [5.41, 5.74) is 8.53. The van der Waals surface area contributed by atoms with Crippen LogP contribution in [0, 0.1) is 6.92 Å². The molecule has 0 radical (unpaired) electrons. The van der Waals surface area contributed by atoms with Gasteiger partial charge in [-0.2, -0.15) is 0 Å². The fourth-order valence-corrected chi connectivity index (χ4v) is 1.06. The summed E-state index contributed by atoms with van der Waals surface area (Å²) in [6.07, 6.45) is 0.798. The number of hydrogen-bond acceptors (Lipinski definition) is 2. The van der Waals surface area contributed by atoms with Crippen LogP contribution < -0.4 is 5.73 Å². The number of carbonyl (C=O) groups excluding carboxylic acids is 1. The van der Waals surface area contributed by atoms with Crippen LogP contribution >= 0.6 is 0 Å². The normalized spacial score (nSPS) is 9.42. The highest BCUT2D eigenvalue weighted by Gasteiger charge is 2.00. The van der Waals surface area contributed by atoms with Crippen LogP contribution in [0.5, 0.6) is 0 Å². The standard InChI is InChI=1S/C10H11NO/c1-7-3-4-9(6-12)5-10(7)8(2)11/h3-6H,2,11H2,1H3. The minimum atomic E-state index is 0.496. The maximum absolute atomic E-state index is 10.4. The maximum Gasteiger partial charge on any atom is 0.150 e. The highest BCUT2D eigenvalue weighted by molar-refractivity contribution is 5.78. The third kappa shape index (κ3) is 1.53. The zero-order chi connectivity index (χ0) is 9.14. The lowest BCUT2D eigenvalue weighted by Crippen LogP contribution is -1.97. The molecule has 0 fully saturated rings. The molecule has 0 atom stereocenters. The van der Waals surface area contributed by atoms with E-state index in [-0.39, 0.29) is 0 Å². The first-order valence-electron chi connectivity index (χ1n) is 3.65. The second kappa shape index (κ2) is 3.22. The molecule has 2 nitrogen and oxygen atoms in total. The van der Waals surface area contributed by atoms with Crippen LogP contribution in [-0.4, -0.2) is 6.29 Å². The molecule has 0 bridgehead atoms. The van der Waals surface area contributed by atoms with E-state index in [2.05, 4.69) is 6.58 Å². The van der Waals surface area contributed by atoms with Crippen LogP contribution in [0.2, 0.25) is 0 Å². The second-order valence-electron chi connectivity index (χ2n) is 2.72. The Bertz CT molecular complexity index is 329. The second-order valence-corrected chi connectivity index (χ2v) is 2.72. The van der Waals surface area contributed by atoms with Crippen LogP contribution in [0.25, 0.3) is 5.70 Å². The zero-order valence-corrected chi connectivity index (χ0v) is 7.00. The first-order valence-corrected chi connectivity index (χ1v) is 3.65. The Morgan fingerprint density at radius 1 is 1.58 bits per heavy atom. The Balaban J connectivity index is 3.25. The predicted octanol–water partition coefficient (Wildman–Crippen LogP) is 1.74. The van der Waals surface area contributed by atoms with Crippen molar-refractivity contribution >= 4 is 12.0 Å². The molecule has 0 saturated carbocycles. The van der Waals surface area contributed by atoms with Crippen molar-refractivity contribution in [3.63, 3.8) is 0 Å². The maximum atomic E-state index is 10.4. The lowest BCUT2D eigenvalue weighted by molar-refractivity contribution is 0.112. The van der Waals surface area contributed by atoms with Crippen molar-refractivity contribution in [3.05, 3.63) is 41.5 Å². The SMILES string of the molecule is C=C(N)c1cc(C=O)ccc1C. The van der Waals surface area contributed by atoms with E-state index in [1.165, 1.54) is 0 Å². The molecular weight excluding hydrogens is 150 g/mol. The number of rotatable bonds is 2. The van der Waals surface area contributed by atoms with E-state index in [9.17, 15) is 4.79 Å². The highest BCUT2D eigenvalue weighted by Crippen LogP contribution is 2.14. The van der Waals surface area contributed by atoms with Crippen molar-refractivity contribution in [1.82, 2.24) is 0 Å². The van der Waals surface area contributed by atoms with E-state index in [4.69, 9.17) is 5.73 Å². The molecule has 0 spiro atoms. The minimum Gasteiger partial charge on any atom is -0.399 e. The van der Waals surface area contributed by atoms with Gasteiger partial charge in [-0.05, 0) is 18.6 Å². The number of carbonyl (C=O) groups is 1. The van der Waals surface area contributed by atoms with Crippen LogP contribution in [0.1, 0.15) is 21.5 Å². The third-order valence-electron chi connectivity index (χ3n) is 1.74. The molecule has 2 heteroatoms. The molecule has 0 saturated heterocycles. The summed E-state index contributed by atoms with van der Waals surface area (Å²) < 4.78 is 0. The van der Waals surface area contributed by atoms with Gasteiger partial charge < -0.3 is 5.73 Å². The van der Waals surface area contributed by atoms with Crippen LogP contribution in [0.3, 0.4) is 0 Å². The summed E-state index contributed by atoms with van der Waals surface area (Å²) in [6.45, 7) is 5.56. The topological polar surface area (TPSA) is 43.1 Å². The molecule has 0 aliphatic rings. The summed E-state index contributed by atoms with van der Waals surface area (Å²) in [5, 5.41) is 0. The van der Waals surface area contributed by atoms with Gasteiger partial charge >= 0.3 is 0 Å². The quantitative estimate of drug-likeness (QED) is 0.671. The first kappa shape index (κ1) is 8.53. The van der Waals surface area contributed by atoms with Gasteiger partial charge in [-0.25, -0.2) is 0 Å². The van der Waals surface area contributed by atoms with E-state index in [1.807, 2.05) is 13.0 Å². The zero-order valence-electron chi connectivity index (χ0n) is 7.00. The smallest absolute Gasteiger partial charge is 0.150 e. The van der Waals surface area contributed by atoms with Crippen molar-refractivity contribution in [1.29, 1.82) is 0 Å². The van der Waals surface area contributed by atoms with Crippen LogP contribution in [0.4, 0.5) is 0 Å². The first-order chi connectivity index (χ1) is 5.65. The molecule has 12 heavy (non-hydrogen) atoms. The Labute approximate surface area is 71.7 Å². The van der Waals surface area contributed by atoms with Gasteiger partial charge in [-0.1, -0.05) is 18.7 Å². The predicted molar refractivity (Wildman–Crippen MR) is 49.8 cm³/mol. The van der Waals surface area contributed by atoms with Crippen molar-refractivity contribution < 1.29 is 4.79 Å². The van der Waals surface area contributed by atoms with E-state index in [0.717, 1.165) is 17.4 Å². The summed E-state index contributed by atoms with van der Waals surface area (Å²) in [4.78, 5) is 10.4. The lowest BCUT2D eigenvalue weighted by Gasteiger charge is -2.04. The minimum absolute atomic E-state index is 0.496. The molecule has 1 aromatic rings. The van der Waals surface area contributed by atoms with Crippen molar-refractivity contribution in [2.75, 3.05) is 0 Å². The Morgan fingerprint density at radius 3 is 2.75 bits per heavy atom. The summed E-state index contributed by atoms with van der Waals surface area (Å²) in [6, 6.07) is 5.36. The number of benzene rings is 1. The number of nitrogens with two attached hydrogens (primary N) is 1. The summed E-state index contributed by atoms with van der Waals surface area (Å²) in [5.74, 6) is 0. The molecule has 1 aromatic carbocycles. The van der Waals surface area contributed by atoms with Crippen molar-refractivity contribution in [2.45, 2.75) is 6.92 Å². The van der Waals surface area contributed by atoms with E-state index >= 15 is 0 Å². The van der Waals surface area contributed by atoms with Gasteiger partial charge in [0.1, 0.15) is 6.29 Å². The van der Waals surface area contributed by atoms with Gasteiger partial charge in [0, 0.05) is 16.8 Å². The average Bonchev–Trinajstić information content (AvgIpc) is 2.05. The van der Waals surface area contributed by atoms with Crippen molar-refractivity contribution in [3.8, 4) is 0 Å². The largest absolute Gasteiger partial charge is 0.399 e. The third-order valence-corrected chi connectivity index (χ3v) is 1.74. The van der Waals surface area contributed by atoms with E-state index in [1.54, 1.807) is 12.1 Å². The van der Waals surface area contributed by atoms with Gasteiger partial charge in [-0.15, -0.1) is 0 Å². The van der Waals surface area contributed by atoms with Gasteiger partial charge in [-0.3, -0.25) is 4.79 Å². The van der Waals surface area contributed by atoms with E-state index in [0.29, 0.717) is 11.3 Å². The molecule has 0 aliphatic carbocycles. The number of aryl methyl sites for hydroxylation is 1. The molecule has 2 N–H and O–H groups in total. The van der Waals surface area contributed by atoms with Crippen molar-refractivity contribution in [2.24, 2.45) is 5.73 Å². The fraction of sp³-hybridized carbons (Fsp3) is 0.100. The number of hydrogen-bond donors (Lipinski definition) is 1. The van der Waals surface area contributed by atoms with Gasteiger partial charge in [0.15, 0.2) is 0 Å². The average molecular weight is 161 g/mol. The van der Waals surface area contributed by atoms with Crippen LogP contribution in [0.15, 0.2) is 24.8 Å². The Morgan fingerprint density at radius 2 is 2.25 bits per heavy atom. The Hall–Kier alpha value is -1.57. The molecule has 0 amide bonds. The van der Waals surface area contributed by atoms with Gasteiger partial charge in [0.25, 0.3) is 0 Å². The molecular formula is C10H11NO. The van der Waals surface area contributed by atoms with Gasteiger partial charge in [0.05, 0.1) is 0 Å². The lowest BCUT2D eigenvalue weighted by atomic mass is 10.0. The fourth-order valence-electron chi connectivity index (χ4n) is 1.06. The molecule has 0 unspecified atom stereocenters. The molecule has 62 valence electrons. The summed E-state index contributed by atoms with van der Waals surface area (Å²) in [7, 11) is 0.